The number of halogens is 1. The highest BCUT2D eigenvalue weighted by Gasteiger charge is 2.21. The summed E-state index contributed by atoms with van der Waals surface area (Å²) in [5.41, 5.74) is 1.28. The predicted octanol–water partition coefficient (Wildman–Crippen LogP) is 2.85. The highest BCUT2D eigenvalue weighted by atomic mass is 127. The Morgan fingerprint density at radius 2 is 1.95 bits per heavy atom. The van der Waals surface area contributed by atoms with Gasteiger partial charge in [0, 0.05) is 38.9 Å². The van der Waals surface area contributed by atoms with Crippen LogP contribution in [0.1, 0.15) is 25.7 Å². The van der Waals surface area contributed by atoms with Crippen LogP contribution in [0.3, 0.4) is 0 Å². The quantitative estimate of drug-likeness (QED) is 0.319. The van der Waals surface area contributed by atoms with Gasteiger partial charge in [-0.3, -0.25) is 4.99 Å². The molecule has 118 valence electrons. The van der Waals surface area contributed by atoms with Crippen LogP contribution in [0.4, 0.5) is 5.69 Å². The Morgan fingerprint density at radius 3 is 2.57 bits per heavy atom. The molecule has 0 spiro atoms. The van der Waals surface area contributed by atoms with E-state index in [2.05, 4.69) is 57.9 Å². The second-order valence-electron chi connectivity index (χ2n) is 5.38. The van der Waals surface area contributed by atoms with Gasteiger partial charge in [-0.25, -0.2) is 0 Å². The normalized spacial score (nSPS) is 14.3. The summed E-state index contributed by atoms with van der Waals surface area (Å²) in [6.07, 6.45) is 4.90. The van der Waals surface area contributed by atoms with E-state index in [1.165, 1.54) is 24.9 Å². The molecular formula is C16H27IN4. The van der Waals surface area contributed by atoms with Gasteiger partial charge in [-0.05, 0) is 37.8 Å². The lowest BCUT2D eigenvalue weighted by molar-refractivity contribution is 0.686. The van der Waals surface area contributed by atoms with E-state index in [9.17, 15) is 0 Å². The molecule has 1 aliphatic carbocycles. The van der Waals surface area contributed by atoms with Gasteiger partial charge in [0.15, 0.2) is 5.96 Å². The summed E-state index contributed by atoms with van der Waals surface area (Å²) < 4.78 is 0. The molecule has 1 aliphatic rings. The Kier molecular flexibility index (Phi) is 8.49. The van der Waals surface area contributed by atoms with E-state index in [0.717, 1.165) is 25.5 Å². The van der Waals surface area contributed by atoms with Crippen molar-refractivity contribution in [2.24, 2.45) is 4.99 Å². The molecule has 0 heterocycles. The van der Waals surface area contributed by atoms with Gasteiger partial charge in [-0.1, -0.05) is 18.2 Å². The first kappa shape index (κ1) is 18.1. The molecule has 2 N–H and O–H groups in total. The second kappa shape index (κ2) is 9.87. The van der Waals surface area contributed by atoms with Crippen molar-refractivity contribution < 1.29 is 0 Å². The first-order valence-corrected chi connectivity index (χ1v) is 7.53. The molecule has 0 saturated heterocycles. The lowest BCUT2D eigenvalue weighted by atomic mass is 10.2. The van der Waals surface area contributed by atoms with E-state index >= 15 is 0 Å². The monoisotopic (exact) mass is 402 g/mol. The van der Waals surface area contributed by atoms with Gasteiger partial charge in [0.1, 0.15) is 0 Å². The summed E-state index contributed by atoms with van der Waals surface area (Å²) in [5.74, 6) is 0.948. The van der Waals surface area contributed by atoms with E-state index in [0.29, 0.717) is 6.04 Å². The van der Waals surface area contributed by atoms with E-state index in [1.54, 1.807) is 0 Å². The number of nitrogens with zero attached hydrogens (tertiary/aromatic N) is 2. The molecular weight excluding hydrogens is 375 g/mol. The smallest absolute Gasteiger partial charge is 0.191 e. The number of guanidine groups is 1. The molecule has 2 rings (SSSR count). The third-order valence-electron chi connectivity index (χ3n) is 3.55. The molecule has 0 aromatic heterocycles. The van der Waals surface area contributed by atoms with Crippen molar-refractivity contribution in [2.75, 3.05) is 32.1 Å². The summed E-state index contributed by atoms with van der Waals surface area (Å²) in [6.45, 7) is 2.06. The number of para-hydroxylation sites is 1. The highest BCUT2D eigenvalue weighted by Crippen LogP contribution is 2.18. The lowest BCUT2D eigenvalue weighted by Gasteiger charge is -2.19. The summed E-state index contributed by atoms with van der Waals surface area (Å²) >= 11 is 0. The van der Waals surface area contributed by atoms with Gasteiger partial charge >= 0.3 is 0 Å². The maximum absolute atomic E-state index is 4.23. The minimum atomic E-state index is 0. The third kappa shape index (κ3) is 7.02. The van der Waals surface area contributed by atoms with E-state index in [1.807, 2.05) is 7.05 Å². The summed E-state index contributed by atoms with van der Waals surface area (Å²) in [7, 11) is 3.98. The number of hydrogen-bond donors (Lipinski definition) is 2. The molecule has 0 amide bonds. The van der Waals surface area contributed by atoms with Gasteiger partial charge in [-0.15, -0.1) is 24.0 Å². The zero-order valence-corrected chi connectivity index (χ0v) is 15.3. The summed E-state index contributed by atoms with van der Waals surface area (Å²) in [5, 5.41) is 6.77. The molecule has 4 nitrogen and oxygen atoms in total. The Morgan fingerprint density at radius 1 is 1.24 bits per heavy atom. The van der Waals surface area contributed by atoms with Crippen LogP contribution < -0.4 is 15.5 Å². The molecule has 1 fully saturated rings. The van der Waals surface area contributed by atoms with E-state index < -0.39 is 0 Å². The predicted molar refractivity (Wildman–Crippen MR) is 102 cm³/mol. The van der Waals surface area contributed by atoms with E-state index in [4.69, 9.17) is 0 Å². The number of anilines is 1. The fourth-order valence-electron chi connectivity index (χ4n) is 2.11. The highest BCUT2D eigenvalue weighted by molar-refractivity contribution is 14.0. The number of rotatable bonds is 7. The Bertz CT molecular complexity index is 418. The third-order valence-corrected chi connectivity index (χ3v) is 3.55. The van der Waals surface area contributed by atoms with Crippen LogP contribution in [0.25, 0.3) is 0 Å². The number of nitrogens with one attached hydrogen (secondary N) is 2. The van der Waals surface area contributed by atoms with Gasteiger partial charge in [0.2, 0.25) is 0 Å². The van der Waals surface area contributed by atoms with Crippen molar-refractivity contribution >= 4 is 35.6 Å². The van der Waals surface area contributed by atoms with Crippen molar-refractivity contribution in [3.05, 3.63) is 30.3 Å². The maximum atomic E-state index is 4.23. The van der Waals surface area contributed by atoms with Gasteiger partial charge < -0.3 is 15.5 Å². The fourth-order valence-corrected chi connectivity index (χ4v) is 2.11. The molecule has 21 heavy (non-hydrogen) atoms. The molecule has 5 heteroatoms. The first-order chi connectivity index (χ1) is 9.79. The molecule has 0 bridgehead atoms. The second-order valence-corrected chi connectivity index (χ2v) is 5.38. The number of benzene rings is 1. The summed E-state index contributed by atoms with van der Waals surface area (Å²) in [6, 6.07) is 11.2. The minimum absolute atomic E-state index is 0. The Hall–Kier alpha value is -0.980. The fraction of sp³-hybridized carbons (Fsp3) is 0.562. The van der Waals surface area contributed by atoms with Crippen LogP contribution in [-0.2, 0) is 0 Å². The van der Waals surface area contributed by atoms with Crippen LogP contribution >= 0.6 is 24.0 Å². The van der Waals surface area contributed by atoms with Crippen LogP contribution in [0.15, 0.2) is 35.3 Å². The average Bonchev–Trinajstić information content (AvgIpc) is 3.30. The standard InChI is InChI=1S/C16H26N4.HI/c1-17-16(19-14-10-11-14)18-12-6-7-13-20(2)15-8-4-3-5-9-15;/h3-5,8-9,14H,6-7,10-13H2,1-2H3,(H2,17,18,19);1H. The van der Waals surface area contributed by atoms with Crippen molar-refractivity contribution in [2.45, 2.75) is 31.7 Å². The molecule has 1 aromatic rings. The largest absolute Gasteiger partial charge is 0.375 e. The number of unbranched alkanes of at least 4 members (excludes halogenated alkanes) is 1. The molecule has 0 aliphatic heterocycles. The minimum Gasteiger partial charge on any atom is -0.375 e. The summed E-state index contributed by atoms with van der Waals surface area (Å²) in [4.78, 5) is 6.54. The molecule has 0 atom stereocenters. The van der Waals surface area contributed by atoms with Crippen molar-refractivity contribution in [1.82, 2.24) is 10.6 Å². The zero-order valence-electron chi connectivity index (χ0n) is 13.0. The Labute approximate surface area is 145 Å². The SMILES string of the molecule is CN=C(NCCCCN(C)c1ccccc1)NC1CC1.I. The average molecular weight is 402 g/mol. The number of aliphatic imine (C=N–C) groups is 1. The molecule has 0 radical (unpaired) electrons. The first-order valence-electron chi connectivity index (χ1n) is 7.53. The van der Waals surface area contributed by atoms with E-state index in [-0.39, 0.29) is 24.0 Å². The number of hydrogen-bond acceptors (Lipinski definition) is 2. The van der Waals surface area contributed by atoms with Crippen LogP contribution in [0, 0.1) is 0 Å². The van der Waals surface area contributed by atoms with Crippen LogP contribution in [-0.4, -0.2) is 39.2 Å². The van der Waals surface area contributed by atoms with Crippen LogP contribution in [0.5, 0.6) is 0 Å². The van der Waals surface area contributed by atoms with Gasteiger partial charge in [0.05, 0.1) is 0 Å². The lowest BCUT2D eigenvalue weighted by Crippen LogP contribution is -2.39. The molecule has 1 aromatic carbocycles. The Balaban J connectivity index is 0.00000220. The van der Waals surface area contributed by atoms with Crippen molar-refractivity contribution in [1.29, 1.82) is 0 Å². The van der Waals surface area contributed by atoms with Gasteiger partial charge in [0.25, 0.3) is 0 Å². The topological polar surface area (TPSA) is 39.7 Å². The molecule has 1 saturated carbocycles. The van der Waals surface area contributed by atoms with Crippen molar-refractivity contribution in [3.63, 3.8) is 0 Å². The molecule has 0 unspecified atom stereocenters. The zero-order chi connectivity index (χ0) is 14.2. The van der Waals surface area contributed by atoms with Crippen molar-refractivity contribution in [3.8, 4) is 0 Å². The van der Waals surface area contributed by atoms with Crippen LogP contribution in [0.2, 0.25) is 0 Å². The van der Waals surface area contributed by atoms with Gasteiger partial charge in [-0.2, -0.15) is 0 Å². The maximum Gasteiger partial charge on any atom is 0.191 e.